The maximum Gasteiger partial charge on any atom is 0.269 e. The molecule has 0 aliphatic carbocycles. The molecule has 35 heavy (non-hydrogen) atoms. The minimum Gasteiger partial charge on any atom is -0.379 e. The number of carbonyl (C=O) groups excluding carboxylic acids is 2. The number of ether oxygens (including phenoxy) is 1. The van der Waals surface area contributed by atoms with E-state index in [2.05, 4.69) is 32.6 Å². The van der Waals surface area contributed by atoms with Gasteiger partial charge >= 0.3 is 0 Å². The molecular weight excluding hydrogens is 464 g/mol. The number of imidazole rings is 1. The first kappa shape index (κ1) is 22.9. The molecule has 0 atom stereocenters. The summed E-state index contributed by atoms with van der Waals surface area (Å²) < 4.78 is 11.3. The zero-order chi connectivity index (χ0) is 24.2. The van der Waals surface area contributed by atoms with Crippen LogP contribution in [0.4, 0.5) is 11.6 Å². The summed E-state index contributed by atoms with van der Waals surface area (Å²) in [5.41, 5.74) is 4.09. The van der Waals surface area contributed by atoms with Crippen molar-refractivity contribution < 1.29 is 14.3 Å². The minimum absolute atomic E-state index is 0.284. The number of aromatic nitrogens is 3. The third kappa shape index (κ3) is 5.14. The van der Waals surface area contributed by atoms with Gasteiger partial charge in [-0.1, -0.05) is 18.7 Å². The maximum absolute atomic E-state index is 12.8. The molecule has 10 heteroatoms. The molecule has 1 aliphatic heterocycles. The van der Waals surface area contributed by atoms with Crippen LogP contribution in [0.25, 0.3) is 16.7 Å². The van der Waals surface area contributed by atoms with Gasteiger partial charge < -0.3 is 10.1 Å². The number of carbonyl (C=O) groups is 2. The van der Waals surface area contributed by atoms with Crippen LogP contribution < -0.4 is 10.6 Å². The van der Waals surface area contributed by atoms with E-state index in [9.17, 15) is 9.59 Å². The molecule has 2 N–H and O–H groups in total. The largest absolute Gasteiger partial charge is 0.379 e. The predicted molar refractivity (Wildman–Crippen MR) is 136 cm³/mol. The number of morpholine rings is 1. The average molecular weight is 489 g/mol. The standard InChI is InChI=1S/C25H24N6O3S/c1-2-23(32)27-18-4-3-5-19(15-18)31-21-7-6-17(16-30-10-12-34-13-11-30)14-20(21)28-25(31)29-24(33)22-8-9-26-35-22/h2-9,14-15H,1,10-13,16H2,(H,27,32)(H,28,29,33). The first-order valence-corrected chi connectivity index (χ1v) is 12.0. The molecule has 178 valence electrons. The molecule has 9 nitrogen and oxygen atoms in total. The van der Waals surface area contributed by atoms with E-state index in [-0.39, 0.29) is 11.8 Å². The number of nitrogens with zero attached hydrogens (tertiary/aromatic N) is 4. The van der Waals surface area contributed by atoms with Gasteiger partial charge in [-0.15, -0.1) is 0 Å². The van der Waals surface area contributed by atoms with Gasteiger partial charge in [0.2, 0.25) is 11.9 Å². The molecule has 0 spiro atoms. The summed E-state index contributed by atoms with van der Waals surface area (Å²) in [4.78, 5) is 32.3. The van der Waals surface area contributed by atoms with Crippen molar-refractivity contribution in [2.75, 3.05) is 36.9 Å². The molecule has 1 aliphatic rings. The summed E-state index contributed by atoms with van der Waals surface area (Å²) >= 11 is 1.12. The van der Waals surface area contributed by atoms with Gasteiger partial charge in [0, 0.05) is 31.5 Å². The number of benzene rings is 2. The number of fused-ring (bicyclic) bond motifs is 1. The van der Waals surface area contributed by atoms with Crippen LogP contribution in [0.3, 0.4) is 0 Å². The highest BCUT2D eigenvalue weighted by Crippen LogP contribution is 2.28. The first-order valence-electron chi connectivity index (χ1n) is 11.2. The van der Waals surface area contributed by atoms with Crippen molar-refractivity contribution in [2.45, 2.75) is 6.54 Å². The fourth-order valence-corrected chi connectivity index (χ4v) is 4.49. The number of anilines is 2. The van der Waals surface area contributed by atoms with Crippen LogP contribution in [0.2, 0.25) is 0 Å². The number of rotatable bonds is 7. The smallest absolute Gasteiger partial charge is 0.269 e. The van der Waals surface area contributed by atoms with Crippen LogP contribution in [0.1, 0.15) is 15.2 Å². The highest BCUT2D eigenvalue weighted by molar-refractivity contribution is 7.08. The second-order valence-corrected chi connectivity index (χ2v) is 8.89. The molecular formula is C25H24N6O3S. The highest BCUT2D eigenvalue weighted by Gasteiger charge is 2.18. The summed E-state index contributed by atoms with van der Waals surface area (Å²) in [6.45, 7) is 7.57. The normalized spacial score (nSPS) is 14.1. The summed E-state index contributed by atoms with van der Waals surface area (Å²) in [5, 5.41) is 5.70. The number of hydrogen-bond acceptors (Lipinski definition) is 7. The number of nitrogens with one attached hydrogen (secondary N) is 2. The van der Waals surface area contributed by atoms with Crippen molar-refractivity contribution in [3.8, 4) is 5.69 Å². The van der Waals surface area contributed by atoms with Gasteiger partial charge in [0.05, 0.1) is 29.9 Å². The Morgan fingerprint density at radius 2 is 1.97 bits per heavy atom. The second-order valence-electron chi connectivity index (χ2n) is 8.06. The molecule has 4 aromatic rings. The predicted octanol–water partition coefficient (Wildman–Crippen LogP) is 3.69. The van der Waals surface area contributed by atoms with E-state index < -0.39 is 0 Å². The second kappa shape index (κ2) is 10.2. The molecule has 1 fully saturated rings. The lowest BCUT2D eigenvalue weighted by molar-refractivity contribution is -0.111. The van der Waals surface area contributed by atoms with Gasteiger partial charge in [-0.3, -0.25) is 24.4 Å². The van der Waals surface area contributed by atoms with Gasteiger partial charge in [-0.05, 0) is 59.6 Å². The van der Waals surface area contributed by atoms with E-state index in [1.165, 1.54) is 6.08 Å². The van der Waals surface area contributed by atoms with Crippen LogP contribution in [-0.4, -0.2) is 56.9 Å². The van der Waals surface area contributed by atoms with Crippen molar-refractivity contribution in [1.29, 1.82) is 0 Å². The Morgan fingerprint density at radius 1 is 1.11 bits per heavy atom. The highest BCUT2D eigenvalue weighted by atomic mass is 32.1. The zero-order valence-electron chi connectivity index (χ0n) is 18.9. The lowest BCUT2D eigenvalue weighted by Gasteiger charge is -2.26. The van der Waals surface area contributed by atoms with Crippen LogP contribution in [0.5, 0.6) is 0 Å². The molecule has 2 aromatic carbocycles. The average Bonchev–Trinajstić information content (AvgIpc) is 3.53. The molecule has 2 amide bonds. The van der Waals surface area contributed by atoms with E-state index in [1.807, 2.05) is 34.9 Å². The Bertz CT molecular complexity index is 1380. The van der Waals surface area contributed by atoms with Crippen LogP contribution in [-0.2, 0) is 16.1 Å². The summed E-state index contributed by atoms with van der Waals surface area (Å²) in [6, 6.07) is 15.2. The monoisotopic (exact) mass is 488 g/mol. The first-order chi connectivity index (χ1) is 17.1. The van der Waals surface area contributed by atoms with E-state index >= 15 is 0 Å². The lowest BCUT2D eigenvalue weighted by atomic mass is 10.1. The molecule has 0 bridgehead atoms. The Kier molecular flexibility index (Phi) is 6.66. The Hall–Kier alpha value is -3.86. The number of hydrogen-bond donors (Lipinski definition) is 2. The molecule has 2 aromatic heterocycles. The van der Waals surface area contributed by atoms with E-state index in [0.717, 1.165) is 66.7 Å². The third-order valence-corrected chi connectivity index (χ3v) is 6.42. The van der Waals surface area contributed by atoms with Gasteiger partial charge in [-0.25, -0.2) is 9.36 Å². The Labute approximate surface area is 206 Å². The molecule has 0 radical (unpaired) electrons. The van der Waals surface area contributed by atoms with E-state index in [1.54, 1.807) is 18.3 Å². The van der Waals surface area contributed by atoms with Crippen molar-refractivity contribution >= 4 is 46.0 Å². The Morgan fingerprint density at radius 3 is 2.74 bits per heavy atom. The SMILES string of the molecule is C=CC(=O)Nc1cccc(-n2c(NC(=O)c3ccns3)nc3cc(CN4CCOCC4)ccc32)c1. The van der Waals surface area contributed by atoms with Crippen LogP contribution in [0.15, 0.2) is 67.4 Å². The zero-order valence-corrected chi connectivity index (χ0v) is 19.8. The molecule has 0 saturated carbocycles. The maximum atomic E-state index is 12.8. The summed E-state index contributed by atoms with van der Waals surface area (Å²) in [7, 11) is 0. The van der Waals surface area contributed by atoms with Crippen LogP contribution in [0, 0.1) is 0 Å². The summed E-state index contributed by atoms with van der Waals surface area (Å²) in [6.07, 6.45) is 2.81. The van der Waals surface area contributed by atoms with Gasteiger partial charge in [0.15, 0.2) is 0 Å². The van der Waals surface area contributed by atoms with Crippen molar-refractivity contribution in [1.82, 2.24) is 18.8 Å². The quantitative estimate of drug-likeness (QED) is 0.385. The topological polar surface area (TPSA) is 101 Å². The van der Waals surface area contributed by atoms with E-state index in [0.29, 0.717) is 16.5 Å². The minimum atomic E-state index is -0.302. The fraction of sp³-hybridized carbons (Fsp3) is 0.200. The third-order valence-electron chi connectivity index (χ3n) is 5.67. The van der Waals surface area contributed by atoms with Crippen molar-refractivity contribution in [3.05, 3.63) is 77.8 Å². The lowest BCUT2D eigenvalue weighted by Crippen LogP contribution is -2.35. The Balaban J connectivity index is 1.54. The van der Waals surface area contributed by atoms with Crippen molar-refractivity contribution in [3.63, 3.8) is 0 Å². The molecule has 1 saturated heterocycles. The molecule has 3 heterocycles. The summed E-state index contributed by atoms with van der Waals surface area (Å²) in [5.74, 6) is -0.202. The number of amides is 2. The van der Waals surface area contributed by atoms with Gasteiger partial charge in [-0.2, -0.15) is 0 Å². The molecule has 5 rings (SSSR count). The fourth-order valence-electron chi connectivity index (χ4n) is 4.00. The van der Waals surface area contributed by atoms with Crippen LogP contribution >= 0.6 is 11.5 Å². The van der Waals surface area contributed by atoms with E-state index in [4.69, 9.17) is 9.72 Å². The van der Waals surface area contributed by atoms with Gasteiger partial charge in [0.1, 0.15) is 4.88 Å². The van der Waals surface area contributed by atoms with Gasteiger partial charge in [0.25, 0.3) is 5.91 Å². The van der Waals surface area contributed by atoms with Crippen molar-refractivity contribution in [2.24, 2.45) is 0 Å². The molecule has 0 unspecified atom stereocenters.